The Morgan fingerprint density at radius 3 is 1.54 bits per heavy atom. The minimum absolute atomic E-state index is 0.0731. The van der Waals surface area contributed by atoms with E-state index in [1.807, 2.05) is 0 Å². The number of benzene rings is 5. The van der Waals surface area contributed by atoms with Crippen molar-refractivity contribution in [2.45, 2.75) is 71.2 Å². The number of hydrogen-bond acceptors (Lipinski definition) is 7. The maximum Gasteiger partial charge on any atom is 0.501 e. The Kier molecular flexibility index (Phi) is 10.5. The van der Waals surface area contributed by atoms with E-state index in [1.54, 1.807) is 121 Å². The predicted molar refractivity (Wildman–Crippen MR) is 189 cm³/mol. The van der Waals surface area contributed by atoms with E-state index >= 15 is 0 Å². The van der Waals surface area contributed by atoms with Gasteiger partial charge in [0.15, 0.2) is 0 Å². The summed E-state index contributed by atoms with van der Waals surface area (Å²) in [6.45, 7) is 0. The molecule has 7 nitrogen and oxygen atoms in total. The van der Waals surface area contributed by atoms with Crippen LogP contribution in [0.15, 0.2) is 150 Å². The first-order valence-corrected chi connectivity index (χ1v) is 18.2. The van der Waals surface area contributed by atoms with Crippen molar-refractivity contribution in [2.75, 3.05) is 0 Å². The fraction of sp³-hybridized carbons (Fsp3) is 0.268. The Bertz CT molecular complexity index is 2050. The largest absolute Gasteiger partial charge is 0.501 e. The number of sulfone groups is 1. The van der Waals surface area contributed by atoms with Crippen molar-refractivity contribution in [2.24, 2.45) is 0 Å². The van der Waals surface area contributed by atoms with E-state index < -0.39 is 68.2 Å². The predicted octanol–water partition coefficient (Wildman–Crippen LogP) is 5.95. The van der Waals surface area contributed by atoms with Crippen LogP contribution in [0.5, 0.6) is 0 Å². The van der Waals surface area contributed by atoms with Gasteiger partial charge in [-0.05, 0) is 39.9 Å². The molecule has 6 rings (SSSR count). The van der Waals surface area contributed by atoms with Gasteiger partial charge in [-0.15, -0.1) is 0 Å². The molecule has 272 valence electrons. The van der Waals surface area contributed by atoms with Crippen LogP contribution >= 0.6 is 0 Å². The highest BCUT2D eigenvalue weighted by Crippen LogP contribution is 2.55. The zero-order valence-electron chi connectivity index (χ0n) is 28.0. The van der Waals surface area contributed by atoms with E-state index in [0.717, 1.165) is 18.2 Å². The van der Waals surface area contributed by atoms with Gasteiger partial charge in [-0.2, -0.15) is 13.2 Å². The number of rotatable bonds is 11. The molecule has 0 aromatic heterocycles. The Morgan fingerprint density at radius 1 is 0.615 bits per heavy atom. The van der Waals surface area contributed by atoms with E-state index in [2.05, 4.69) is 0 Å². The third-order valence-corrected chi connectivity index (χ3v) is 11.5. The molecule has 0 aliphatic carbocycles. The Hall–Kier alpha value is -4.36. The number of ether oxygens (including phenoxy) is 1. The third-order valence-electron chi connectivity index (χ3n) is 9.97. The van der Waals surface area contributed by atoms with Gasteiger partial charge in [0.25, 0.3) is 9.84 Å². The van der Waals surface area contributed by atoms with E-state index in [0.29, 0.717) is 22.3 Å². The number of hydrogen-bond donors (Lipinski definition) is 4. The van der Waals surface area contributed by atoms with Gasteiger partial charge in [-0.1, -0.05) is 133 Å². The first-order chi connectivity index (χ1) is 24.7. The molecule has 1 heterocycles. The van der Waals surface area contributed by atoms with Crippen molar-refractivity contribution in [1.29, 1.82) is 0 Å². The Labute approximate surface area is 300 Å². The van der Waals surface area contributed by atoms with E-state index in [9.17, 15) is 42.0 Å². The number of alkyl halides is 3. The first kappa shape index (κ1) is 37.4. The van der Waals surface area contributed by atoms with Crippen LogP contribution in [-0.2, 0) is 40.3 Å². The molecule has 0 radical (unpaired) electrons. The minimum atomic E-state index is -5.84. The summed E-state index contributed by atoms with van der Waals surface area (Å²) in [5.41, 5.74) is -11.3. The highest BCUT2D eigenvalue weighted by molar-refractivity contribution is 7.92. The van der Waals surface area contributed by atoms with E-state index in [4.69, 9.17) is 4.74 Å². The minimum Gasteiger partial charge on any atom is -0.390 e. The van der Waals surface area contributed by atoms with Gasteiger partial charge in [-0.25, -0.2) is 8.42 Å². The maximum absolute atomic E-state index is 13.8. The summed E-state index contributed by atoms with van der Waals surface area (Å²) in [7, 11) is -5.84. The monoisotopic (exact) mass is 732 g/mol. The van der Waals surface area contributed by atoms with Crippen LogP contribution in [0.25, 0.3) is 0 Å². The van der Waals surface area contributed by atoms with Crippen LogP contribution in [0.3, 0.4) is 0 Å². The van der Waals surface area contributed by atoms with Gasteiger partial charge < -0.3 is 25.2 Å². The van der Waals surface area contributed by atoms with E-state index in [1.165, 1.54) is 6.07 Å². The van der Waals surface area contributed by atoms with Crippen molar-refractivity contribution in [3.63, 3.8) is 0 Å². The maximum atomic E-state index is 13.8. The van der Waals surface area contributed by atoms with Crippen molar-refractivity contribution in [3.05, 3.63) is 173 Å². The third kappa shape index (κ3) is 7.04. The molecule has 1 unspecified atom stereocenters. The van der Waals surface area contributed by atoms with Crippen molar-refractivity contribution in [3.8, 4) is 0 Å². The van der Waals surface area contributed by atoms with Gasteiger partial charge in [-0.3, -0.25) is 0 Å². The molecule has 5 aromatic rings. The lowest BCUT2D eigenvalue weighted by atomic mass is 9.56. The second-order valence-corrected chi connectivity index (χ2v) is 15.4. The zero-order valence-corrected chi connectivity index (χ0v) is 28.8. The average Bonchev–Trinajstić information content (AvgIpc) is 3.12. The van der Waals surface area contributed by atoms with Gasteiger partial charge in [0.05, 0.1) is 11.0 Å². The van der Waals surface area contributed by atoms with Crippen molar-refractivity contribution >= 4 is 9.84 Å². The standard InChI is InChI=1S/C41H39F3O7S/c42-41(43,44)52(49,50)34-23-13-22-33(25-34)36-38(46,26-30-16-7-2-8-17-30)40(48,28-32-20-11-4-12-21-32)39(47,27-31-18-9-3-10-19-31)37(51-36)35(45)24-29-14-5-1-6-15-29/h1-23,25,35-37,45-48H,24,26-28H2/t35?,36-,37+,38-,39+,40+/m0/s1. The molecular weight excluding hydrogens is 694 g/mol. The lowest BCUT2D eigenvalue weighted by Crippen LogP contribution is -2.81. The topological polar surface area (TPSA) is 124 Å². The highest BCUT2D eigenvalue weighted by Gasteiger charge is 2.72. The lowest BCUT2D eigenvalue weighted by Gasteiger charge is -2.62. The quantitative estimate of drug-likeness (QED) is 0.133. The molecule has 1 saturated heterocycles. The van der Waals surface area contributed by atoms with Crippen LogP contribution in [0.1, 0.15) is 33.9 Å². The smallest absolute Gasteiger partial charge is 0.390 e. The van der Waals surface area contributed by atoms with Crippen LogP contribution in [-0.4, -0.2) is 63.4 Å². The Morgan fingerprint density at radius 2 is 1.06 bits per heavy atom. The fourth-order valence-electron chi connectivity index (χ4n) is 7.40. The molecule has 0 saturated carbocycles. The van der Waals surface area contributed by atoms with Crippen LogP contribution in [0, 0.1) is 0 Å². The van der Waals surface area contributed by atoms with Crippen LogP contribution in [0.4, 0.5) is 13.2 Å². The molecule has 6 atom stereocenters. The van der Waals surface area contributed by atoms with Crippen LogP contribution < -0.4 is 0 Å². The SMILES string of the molecule is O=S(=O)(c1cccc([C@@H]2O[C@H](C(O)Cc3ccccc3)[C@](O)(Cc3ccccc3)[C@@](O)(Cc3ccccc3)[C@]2(O)Cc2ccccc2)c1)C(F)(F)F. The molecule has 0 bridgehead atoms. The van der Waals surface area contributed by atoms with Gasteiger partial charge in [0, 0.05) is 25.7 Å². The van der Waals surface area contributed by atoms with Gasteiger partial charge in [0.2, 0.25) is 0 Å². The summed E-state index contributed by atoms with van der Waals surface area (Å²) < 4.78 is 73.3. The molecule has 4 N–H and O–H groups in total. The molecule has 0 spiro atoms. The molecule has 1 aliphatic heterocycles. The summed E-state index contributed by atoms with van der Waals surface area (Å²) in [6, 6.07) is 38.5. The molecule has 11 heteroatoms. The summed E-state index contributed by atoms with van der Waals surface area (Å²) in [5, 5.41) is 52.0. The highest BCUT2D eigenvalue weighted by atomic mass is 32.2. The lowest BCUT2D eigenvalue weighted by molar-refractivity contribution is -0.368. The zero-order chi connectivity index (χ0) is 37.2. The van der Waals surface area contributed by atoms with Crippen molar-refractivity contribution in [1.82, 2.24) is 0 Å². The molecule has 0 amide bonds. The summed E-state index contributed by atoms with van der Waals surface area (Å²) >= 11 is 0. The molecule has 5 aromatic carbocycles. The molecule has 1 fully saturated rings. The van der Waals surface area contributed by atoms with Crippen LogP contribution in [0.2, 0.25) is 0 Å². The normalized spacial score (nSPS) is 25.8. The number of aliphatic hydroxyl groups excluding tert-OH is 1. The number of aliphatic hydroxyl groups is 4. The molecule has 1 aliphatic rings. The first-order valence-electron chi connectivity index (χ1n) is 16.8. The van der Waals surface area contributed by atoms with Gasteiger partial charge >= 0.3 is 5.51 Å². The van der Waals surface area contributed by atoms with E-state index in [-0.39, 0.29) is 18.4 Å². The fourth-order valence-corrected chi connectivity index (χ4v) is 8.22. The van der Waals surface area contributed by atoms with Crippen molar-refractivity contribution < 1.29 is 46.8 Å². The summed E-state index contributed by atoms with van der Waals surface area (Å²) in [4.78, 5) is -1.10. The summed E-state index contributed by atoms with van der Waals surface area (Å²) in [5.74, 6) is 0. The second kappa shape index (κ2) is 14.6. The molecule has 52 heavy (non-hydrogen) atoms. The molecular formula is C41H39F3O7S. The Balaban J connectivity index is 1.62. The summed E-state index contributed by atoms with van der Waals surface area (Å²) in [6.07, 6.45) is -6.16. The second-order valence-electron chi connectivity index (χ2n) is 13.4. The van der Waals surface area contributed by atoms with Gasteiger partial charge in [0.1, 0.15) is 29.0 Å². The average molecular weight is 733 g/mol. The number of halogens is 3.